The zero-order chi connectivity index (χ0) is 24.1. The summed E-state index contributed by atoms with van der Waals surface area (Å²) in [5, 5.41) is 7.81. The summed E-state index contributed by atoms with van der Waals surface area (Å²) in [4.78, 5) is 50.0. The van der Waals surface area contributed by atoms with Gasteiger partial charge in [-0.25, -0.2) is 0 Å². The average molecular weight is 651 g/mol. The van der Waals surface area contributed by atoms with Gasteiger partial charge < -0.3 is 0 Å². The summed E-state index contributed by atoms with van der Waals surface area (Å²) in [6.45, 7) is 0. The molecule has 0 spiro atoms. The van der Waals surface area contributed by atoms with Gasteiger partial charge in [0.25, 0.3) is 0 Å². The van der Waals surface area contributed by atoms with Gasteiger partial charge in [0, 0.05) is 0 Å². The van der Waals surface area contributed by atoms with Gasteiger partial charge in [-0.15, -0.1) is 0 Å². The van der Waals surface area contributed by atoms with Crippen LogP contribution in [-0.2, 0) is 14.3 Å². The van der Waals surface area contributed by atoms with Crippen LogP contribution in [-0.4, -0.2) is 60.6 Å². The van der Waals surface area contributed by atoms with Crippen molar-refractivity contribution in [2.75, 3.05) is 0 Å². The van der Waals surface area contributed by atoms with Crippen molar-refractivity contribution >= 4 is 67.7 Å². The monoisotopic (exact) mass is 653 g/mol. The van der Waals surface area contributed by atoms with E-state index in [1.165, 1.54) is 7.16 Å². The fourth-order valence-electron chi connectivity index (χ4n) is 2.86. The van der Waals surface area contributed by atoms with E-state index < -0.39 is 54.7 Å². The second kappa shape index (κ2) is 11.0. The van der Waals surface area contributed by atoms with E-state index in [1.54, 1.807) is 24.3 Å². The molecule has 32 heavy (non-hydrogen) atoms. The number of nitrogens with one attached hydrogen (secondary N) is 1. The summed E-state index contributed by atoms with van der Waals surface area (Å²) < 4.78 is 12.4. The number of carbonyl (C=O) groups is 3. The van der Waals surface area contributed by atoms with Crippen molar-refractivity contribution in [1.29, 1.82) is 5.41 Å². The van der Waals surface area contributed by atoms with Crippen LogP contribution in [0.4, 0.5) is 0 Å². The van der Waals surface area contributed by atoms with Crippen LogP contribution in [0.1, 0.15) is 33.6 Å². The van der Waals surface area contributed by atoms with E-state index in [0.29, 0.717) is 11.1 Å². The van der Waals surface area contributed by atoms with Gasteiger partial charge in [0.05, 0.1) is 0 Å². The summed E-state index contributed by atoms with van der Waals surface area (Å²) in [5.41, 5.74) is 0.664. The number of rotatable bonds is 7. The molecule has 0 saturated carbocycles. The molecule has 1 N–H and O–H groups in total. The van der Waals surface area contributed by atoms with Gasteiger partial charge in [-0.05, 0) is 0 Å². The molecule has 0 heterocycles. The molecule has 0 aliphatic carbocycles. The van der Waals surface area contributed by atoms with Crippen LogP contribution < -0.4 is 7.16 Å². The van der Waals surface area contributed by atoms with Gasteiger partial charge in [0.1, 0.15) is 0 Å². The molecule has 0 fully saturated rings. The van der Waals surface area contributed by atoms with E-state index in [1.807, 2.05) is 24.3 Å². The van der Waals surface area contributed by atoms with Crippen molar-refractivity contribution in [3.8, 4) is 0 Å². The summed E-state index contributed by atoms with van der Waals surface area (Å²) in [5.74, 6) is -2.48. The van der Waals surface area contributed by atoms with Crippen molar-refractivity contribution in [1.82, 2.24) is 0 Å². The van der Waals surface area contributed by atoms with E-state index in [4.69, 9.17) is 14.9 Å². The molecular weight excluding hydrogens is 620 g/mol. The van der Waals surface area contributed by atoms with Crippen molar-refractivity contribution in [3.63, 3.8) is 0 Å². The van der Waals surface area contributed by atoms with Crippen molar-refractivity contribution in [2.45, 2.75) is 42.5 Å². The number of ether oxygens (including phenoxy) is 2. The second-order valence-electron chi connectivity index (χ2n) is 9.73. The Labute approximate surface area is 197 Å². The van der Waals surface area contributed by atoms with Gasteiger partial charge in [0.2, 0.25) is 0 Å². The summed E-state index contributed by atoms with van der Waals surface area (Å²) in [7, 11) is 0. The SMILES string of the molecule is [CH3][Sn]([CH3])([CH3])[c]1ccc(C(=O)OC(=N)CCC(=O)OC(=O)c2cc[c]([Sn]([CH3])([CH3])[CH3])cc2)cc1. The van der Waals surface area contributed by atoms with Crippen molar-refractivity contribution in [3.05, 3.63) is 59.7 Å². The molecule has 0 unspecified atom stereocenters. The Morgan fingerprint density at radius 1 is 0.656 bits per heavy atom. The first-order valence-electron chi connectivity index (χ1n) is 10.5. The van der Waals surface area contributed by atoms with Crippen LogP contribution in [0.5, 0.6) is 0 Å². The maximum absolute atomic E-state index is 12.2. The molecule has 2 rings (SSSR count). The molecule has 8 heteroatoms. The minimum atomic E-state index is -2.21. The topological polar surface area (TPSA) is 93.5 Å². The number of carbonyl (C=O) groups excluding carboxylic acids is 3. The Hall–Kier alpha value is -1.68. The summed E-state index contributed by atoms with van der Waals surface area (Å²) >= 11 is -4.41. The maximum atomic E-state index is 12.2. The second-order valence-corrected chi connectivity index (χ2v) is 38.7. The molecule has 0 saturated heterocycles. The van der Waals surface area contributed by atoms with Crippen molar-refractivity contribution in [2.24, 2.45) is 0 Å². The van der Waals surface area contributed by atoms with Crippen LogP contribution in [0, 0.1) is 5.41 Å². The third-order valence-electron chi connectivity index (χ3n) is 4.95. The van der Waals surface area contributed by atoms with Gasteiger partial charge >= 0.3 is 199 Å². The van der Waals surface area contributed by atoms with E-state index in [2.05, 4.69) is 29.6 Å². The van der Waals surface area contributed by atoms with Gasteiger partial charge in [-0.1, -0.05) is 0 Å². The molecule has 2 aromatic rings. The molecule has 0 radical (unpaired) electrons. The Morgan fingerprint density at radius 3 is 1.41 bits per heavy atom. The van der Waals surface area contributed by atoms with Crippen LogP contribution in [0.3, 0.4) is 0 Å². The van der Waals surface area contributed by atoms with Crippen LogP contribution >= 0.6 is 0 Å². The van der Waals surface area contributed by atoms with Gasteiger partial charge in [-0.3, -0.25) is 0 Å². The van der Waals surface area contributed by atoms with Crippen LogP contribution in [0.2, 0.25) is 29.6 Å². The Kier molecular flexibility index (Phi) is 9.10. The van der Waals surface area contributed by atoms with Gasteiger partial charge in [-0.2, -0.15) is 0 Å². The molecule has 0 aliphatic heterocycles. The van der Waals surface area contributed by atoms with Crippen LogP contribution in [0.25, 0.3) is 0 Å². The van der Waals surface area contributed by atoms with E-state index in [9.17, 15) is 14.4 Å². The first-order valence-corrected chi connectivity index (χ1v) is 30.5. The predicted octanol–water partition coefficient (Wildman–Crippen LogP) is 4.07. The fourth-order valence-corrected chi connectivity index (χ4v) is 9.52. The van der Waals surface area contributed by atoms with Gasteiger partial charge in [0.15, 0.2) is 0 Å². The van der Waals surface area contributed by atoms with E-state index in [-0.39, 0.29) is 18.7 Å². The molecule has 6 nitrogen and oxygen atoms in total. The van der Waals surface area contributed by atoms with Crippen LogP contribution in [0.15, 0.2) is 48.5 Å². The molecular formula is C24H31NO5Sn2. The molecule has 170 valence electrons. The number of hydrogen-bond donors (Lipinski definition) is 1. The first kappa shape index (κ1) is 26.6. The zero-order valence-corrected chi connectivity index (χ0v) is 25.3. The zero-order valence-electron chi connectivity index (χ0n) is 19.6. The number of hydrogen-bond acceptors (Lipinski definition) is 6. The number of benzene rings is 2. The number of esters is 3. The summed E-state index contributed by atoms with van der Waals surface area (Å²) in [6, 6.07) is 14.5. The molecule has 2 aromatic carbocycles. The average Bonchev–Trinajstić information content (AvgIpc) is 2.71. The normalized spacial score (nSPS) is 11.6. The van der Waals surface area contributed by atoms with Crippen molar-refractivity contribution < 1.29 is 23.9 Å². The van der Waals surface area contributed by atoms with E-state index >= 15 is 0 Å². The molecule has 0 bridgehead atoms. The Balaban J connectivity index is 1.82. The standard InChI is InChI=1S/C18H13NO5.6CH3.2Sn/c19-15(23-17(21)13-7-3-1-4-8-13)11-12-16(20)24-18(22)14-9-5-2-6-10-14;;;;;;;;/h3-10,19H,11-12H2;6*1H3;;. The molecule has 0 atom stereocenters. The predicted molar refractivity (Wildman–Crippen MR) is 132 cm³/mol. The molecule has 0 aliphatic rings. The Morgan fingerprint density at radius 2 is 1.03 bits per heavy atom. The summed E-state index contributed by atoms with van der Waals surface area (Å²) in [6.07, 6.45) is -0.363. The minimum absolute atomic E-state index is 0.133. The molecule has 0 aromatic heterocycles. The Bertz CT molecular complexity index is 917. The van der Waals surface area contributed by atoms with E-state index in [0.717, 1.165) is 0 Å². The quantitative estimate of drug-likeness (QED) is 0.160. The first-order chi connectivity index (χ1) is 14.8. The third kappa shape index (κ3) is 8.02. The third-order valence-corrected chi connectivity index (χ3v) is 16.7. The molecule has 0 amide bonds. The fraction of sp³-hybridized carbons (Fsp3) is 0.333.